The summed E-state index contributed by atoms with van der Waals surface area (Å²) in [5.41, 5.74) is 2.89. The number of hydrogen-bond acceptors (Lipinski definition) is 2. The van der Waals surface area contributed by atoms with Crippen LogP contribution in [0.5, 0.6) is 0 Å². The molecule has 1 aromatic carbocycles. The van der Waals surface area contributed by atoms with Crippen LogP contribution in [-0.4, -0.2) is 20.9 Å². The van der Waals surface area contributed by atoms with Crippen molar-refractivity contribution in [3.63, 3.8) is 0 Å². The highest BCUT2D eigenvalue weighted by atomic mass is 16.4. The molecule has 82 valence electrons. The first-order valence-electron chi connectivity index (χ1n) is 4.95. The van der Waals surface area contributed by atoms with E-state index in [2.05, 4.69) is 5.10 Å². The molecule has 1 N–H and O–H groups in total. The van der Waals surface area contributed by atoms with E-state index < -0.39 is 5.97 Å². The third-order valence-corrected chi connectivity index (χ3v) is 2.67. The zero-order valence-corrected chi connectivity index (χ0v) is 9.14. The zero-order valence-electron chi connectivity index (χ0n) is 9.14. The van der Waals surface area contributed by atoms with E-state index in [-0.39, 0.29) is 5.56 Å². The highest BCUT2D eigenvalue weighted by Crippen LogP contribution is 2.21. The first-order chi connectivity index (χ1) is 7.61. The first kappa shape index (κ1) is 10.4. The Balaban J connectivity index is 2.74. The average Bonchev–Trinajstić information content (AvgIpc) is 2.74. The average molecular weight is 216 g/mol. The number of aryl methyl sites for hydroxylation is 1. The molecule has 0 unspecified atom stereocenters. The predicted molar refractivity (Wildman–Crippen MR) is 60.0 cm³/mol. The molecule has 0 fully saturated rings. The Bertz CT molecular complexity index is 530. The number of carboxylic acids is 1. The van der Waals surface area contributed by atoms with Crippen molar-refractivity contribution in [3.05, 3.63) is 47.3 Å². The van der Waals surface area contributed by atoms with E-state index in [1.54, 1.807) is 29.2 Å². The topological polar surface area (TPSA) is 55.1 Å². The number of hydrogen-bond donors (Lipinski definition) is 1. The Morgan fingerprint density at radius 1 is 1.38 bits per heavy atom. The monoisotopic (exact) mass is 216 g/mol. The van der Waals surface area contributed by atoms with E-state index in [0.717, 1.165) is 11.1 Å². The second-order valence-electron chi connectivity index (χ2n) is 3.66. The third-order valence-electron chi connectivity index (χ3n) is 2.67. The summed E-state index contributed by atoms with van der Waals surface area (Å²) < 4.78 is 1.59. The Kier molecular flexibility index (Phi) is 2.48. The maximum Gasteiger partial charge on any atom is 0.337 e. The van der Waals surface area contributed by atoms with Crippen LogP contribution in [0, 0.1) is 13.8 Å². The molecule has 2 aromatic rings. The van der Waals surface area contributed by atoms with Crippen molar-refractivity contribution in [1.29, 1.82) is 0 Å². The first-order valence-corrected chi connectivity index (χ1v) is 4.95. The van der Waals surface area contributed by atoms with Gasteiger partial charge in [-0.25, -0.2) is 9.48 Å². The predicted octanol–water partition coefficient (Wildman–Crippen LogP) is 2.19. The molecule has 0 atom stereocenters. The summed E-state index contributed by atoms with van der Waals surface area (Å²) in [6, 6.07) is 5.20. The van der Waals surface area contributed by atoms with Crippen molar-refractivity contribution in [3.8, 4) is 5.69 Å². The molecule has 0 bridgehead atoms. The number of rotatable bonds is 2. The maximum absolute atomic E-state index is 11.1. The molecular weight excluding hydrogens is 204 g/mol. The minimum atomic E-state index is -0.936. The standard InChI is InChI=1S/C12H12N2O2/c1-8-4-5-10(12(15)16)11(9(8)2)14-7-3-6-13-14/h3-7H,1-2H3,(H,15,16). The quantitative estimate of drug-likeness (QED) is 0.837. The SMILES string of the molecule is Cc1ccc(C(=O)O)c(-n2cccn2)c1C. The van der Waals surface area contributed by atoms with Crippen LogP contribution in [0.2, 0.25) is 0 Å². The number of benzene rings is 1. The van der Waals surface area contributed by atoms with Gasteiger partial charge in [0, 0.05) is 12.4 Å². The Morgan fingerprint density at radius 3 is 2.69 bits per heavy atom. The van der Waals surface area contributed by atoms with Gasteiger partial charge in [0.05, 0.1) is 11.3 Å². The second kappa shape index (κ2) is 3.81. The highest BCUT2D eigenvalue weighted by Gasteiger charge is 2.15. The molecule has 0 aliphatic carbocycles. The summed E-state index contributed by atoms with van der Waals surface area (Å²) in [6.45, 7) is 3.85. The van der Waals surface area contributed by atoms with E-state index in [1.165, 1.54) is 0 Å². The highest BCUT2D eigenvalue weighted by molar-refractivity contribution is 5.92. The molecule has 0 radical (unpaired) electrons. The molecule has 1 heterocycles. The van der Waals surface area contributed by atoms with Crippen LogP contribution < -0.4 is 0 Å². The molecule has 4 heteroatoms. The largest absolute Gasteiger partial charge is 0.478 e. The lowest BCUT2D eigenvalue weighted by molar-refractivity contribution is 0.0696. The molecule has 1 aromatic heterocycles. The van der Waals surface area contributed by atoms with Gasteiger partial charge >= 0.3 is 5.97 Å². The minimum absolute atomic E-state index is 0.270. The van der Waals surface area contributed by atoms with Crippen molar-refractivity contribution < 1.29 is 9.90 Å². The summed E-state index contributed by atoms with van der Waals surface area (Å²) in [4.78, 5) is 11.1. The summed E-state index contributed by atoms with van der Waals surface area (Å²) in [6.07, 6.45) is 3.38. The summed E-state index contributed by atoms with van der Waals surface area (Å²) in [5.74, 6) is -0.936. The molecule has 0 saturated carbocycles. The Labute approximate surface area is 93.1 Å². The van der Waals surface area contributed by atoms with Crippen LogP contribution in [-0.2, 0) is 0 Å². The molecule has 0 saturated heterocycles. The summed E-state index contributed by atoms with van der Waals surface area (Å²) in [5, 5.41) is 13.2. The van der Waals surface area contributed by atoms with Gasteiger partial charge in [0.25, 0.3) is 0 Å². The van der Waals surface area contributed by atoms with Gasteiger partial charge < -0.3 is 5.11 Å². The van der Waals surface area contributed by atoms with Gasteiger partial charge in [0.15, 0.2) is 0 Å². The lowest BCUT2D eigenvalue weighted by Gasteiger charge is -2.11. The second-order valence-corrected chi connectivity index (χ2v) is 3.66. The Morgan fingerprint density at radius 2 is 2.12 bits per heavy atom. The van der Waals surface area contributed by atoms with Crippen LogP contribution in [0.3, 0.4) is 0 Å². The van der Waals surface area contributed by atoms with Crippen molar-refractivity contribution in [2.75, 3.05) is 0 Å². The molecule has 4 nitrogen and oxygen atoms in total. The summed E-state index contributed by atoms with van der Waals surface area (Å²) >= 11 is 0. The number of aromatic carboxylic acids is 1. The molecule has 16 heavy (non-hydrogen) atoms. The van der Waals surface area contributed by atoms with Gasteiger partial charge in [0.2, 0.25) is 0 Å². The maximum atomic E-state index is 11.1. The van der Waals surface area contributed by atoms with Crippen molar-refractivity contribution >= 4 is 5.97 Å². The van der Waals surface area contributed by atoms with Gasteiger partial charge in [-0.3, -0.25) is 0 Å². The number of nitrogens with zero attached hydrogens (tertiary/aromatic N) is 2. The van der Waals surface area contributed by atoms with Gasteiger partial charge in [-0.05, 0) is 37.1 Å². The van der Waals surface area contributed by atoms with E-state index in [1.807, 2.05) is 19.9 Å². The molecule has 0 amide bonds. The van der Waals surface area contributed by atoms with Crippen LogP contribution >= 0.6 is 0 Å². The number of carboxylic acid groups (broad SMARTS) is 1. The van der Waals surface area contributed by atoms with Crippen molar-refractivity contribution in [1.82, 2.24) is 9.78 Å². The number of aromatic nitrogens is 2. The van der Waals surface area contributed by atoms with Crippen LogP contribution in [0.1, 0.15) is 21.5 Å². The fraction of sp³-hybridized carbons (Fsp3) is 0.167. The number of carbonyl (C=O) groups is 1. The Hall–Kier alpha value is -2.10. The fourth-order valence-electron chi connectivity index (χ4n) is 1.67. The molecule has 0 spiro atoms. The minimum Gasteiger partial charge on any atom is -0.478 e. The van der Waals surface area contributed by atoms with Gasteiger partial charge in [0.1, 0.15) is 0 Å². The zero-order chi connectivity index (χ0) is 11.7. The lowest BCUT2D eigenvalue weighted by atomic mass is 10.0. The van der Waals surface area contributed by atoms with Gasteiger partial charge in [-0.15, -0.1) is 0 Å². The van der Waals surface area contributed by atoms with E-state index >= 15 is 0 Å². The van der Waals surface area contributed by atoms with Crippen molar-refractivity contribution in [2.45, 2.75) is 13.8 Å². The van der Waals surface area contributed by atoms with Crippen LogP contribution in [0.25, 0.3) is 5.69 Å². The van der Waals surface area contributed by atoms with E-state index in [9.17, 15) is 4.79 Å². The molecule has 2 rings (SSSR count). The van der Waals surface area contributed by atoms with Crippen LogP contribution in [0.15, 0.2) is 30.6 Å². The molecule has 0 aliphatic heterocycles. The normalized spacial score (nSPS) is 10.4. The summed E-state index contributed by atoms with van der Waals surface area (Å²) in [7, 11) is 0. The van der Waals surface area contributed by atoms with Gasteiger partial charge in [-0.2, -0.15) is 5.10 Å². The smallest absolute Gasteiger partial charge is 0.337 e. The molecular formula is C12H12N2O2. The van der Waals surface area contributed by atoms with Gasteiger partial charge in [-0.1, -0.05) is 6.07 Å². The molecule has 0 aliphatic rings. The van der Waals surface area contributed by atoms with Crippen LogP contribution in [0.4, 0.5) is 0 Å². The fourth-order valence-corrected chi connectivity index (χ4v) is 1.67. The van der Waals surface area contributed by atoms with Crippen molar-refractivity contribution in [2.24, 2.45) is 0 Å². The van der Waals surface area contributed by atoms with E-state index in [4.69, 9.17) is 5.11 Å². The lowest BCUT2D eigenvalue weighted by Crippen LogP contribution is -2.08. The third kappa shape index (κ3) is 1.58. The van der Waals surface area contributed by atoms with E-state index in [0.29, 0.717) is 5.69 Å².